The number of sulfonamides is 1. The molecule has 1 aromatic carbocycles. The van der Waals surface area contributed by atoms with Crippen molar-refractivity contribution in [2.24, 2.45) is 0 Å². The molecular weight excluding hydrogens is 294 g/mol. The van der Waals surface area contributed by atoms with Crippen molar-refractivity contribution in [1.29, 1.82) is 0 Å². The molecule has 1 aromatic rings. The number of rotatable bonds is 6. The summed E-state index contributed by atoms with van der Waals surface area (Å²) in [5.41, 5.74) is 0.873. The van der Waals surface area contributed by atoms with Gasteiger partial charge < -0.3 is 9.84 Å². The number of fused-ring (bicyclic) bond motifs is 1. The van der Waals surface area contributed by atoms with Gasteiger partial charge in [-0.3, -0.25) is 4.79 Å². The van der Waals surface area contributed by atoms with Gasteiger partial charge in [-0.1, -0.05) is 6.92 Å². The zero-order valence-electron chi connectivity index (χ0n) is 12.1. The van der Waals surface area contributed by atoms with Crippen molar-refractivity contribution in [2.75, 3.05) is 13.2 Å². The smallest absolute Gasteiger partial charge is 0.304 e. The molecule has 0 saturated heterocycles. The SMILES string of the molecule is CCN(C(C)CC(=O)O)S(=O)(=O)c1ccc2c(c1)CCO2. The second-order valence-corrected chi connectivity index (χ2v) is 6.91. The molecule has 1 aliphatic rings. The van der Waals surface area contributed by atoms with Crippen LogP contribution in [0.25, 0.3) is 0 Å². The molecule has 1 aliphatic heterocycles. The van der Waals surface area contributed by atoms with E-state index in [4.69, 9.17) is 9.84 Å². The maximum atomic E-state index is 12.7. The first-order valence-corrected chi connectivity index (χ1v) is 8.29. The Kier molecular flexibility index (Phi) is 4.53. The molecule has 0 fully saturated rings. The zero-order valence-corrected chi connectivity index (χ0v) is 12.9. The summed E-state index contributed by atoms with van der Waals surface area (Å²) < 4.78 is 31.9. The van der Waals surface area contributed by atoms with Crippen LogP contribution in [-0.4, -0.2) is 43.0 Å². The van der Waals surface area contributed by atoms with Crippen LogP contribution in [0, 0.1) is 0 Å². The van der Waals surface area contributed by atoms with Gasteiger partial charge in [-0.2, -0.15) is 4.31 Å². The fraction of sp³-hybridized carbons (Fsp3) is 0.500. The van der Waals surface area contributed by atoms with E-state index in [1.807, 2.05) is 0 Å². The molecule has 116 valence electrons. The van der Waals surface area contributed by atoms with Crippen LogP contribution in [0.2, 0.25) is 0 Å². The van der Waals surface area contributed by atoms with Crippen LogP contribution in [0.15, 0.2) is 23.1 Å². The van der Waals surface area contributed by atoms with E-state index < -0.39 is 22.0 Å². The molecule has 21 heavy (non-hydrogen) atoms. The molecule has 1 atom stereocenters. The van der Waals surface area contributed by atoms with Gasteiger partial charge in [-0.25, -0.2) is 8.42 Å². The van der Waals surface area contributed by atoms with E-state index in [1.165, 1.54) is 10.4 Å². The molecule has 1 unspecified atom stereocenters. The van der Waals surface area contributed by atoms with Gasteiger partial charge in [0.1, 0.15) is 5.75 Å². The Bertz CT molecular complexity index is 641. The number of ether oxygens (including phenoxy) is 1. The number of aliphatic carboxylic acids is 1. The lowest BCUT2D eigenvalue weighted by molar-refractivity contribution is -0.137. The largest absolute Gasteiger partial charge is 0.493 e. The molecule has 1 heterocycles. The minimum Gasteiger partial charge on any atom is -0.493 e. The lowest BCUT2D eigenvalue weighted by Crippen LogP contribution is -2.39. The highest BCUT2D eigenvalue weighted by Crippen LogP contribution is 2.29. The Labute approximate surface area is 124 Å². The van der Waals surface area contributed by atoms with E-state index in [0.717, 1.165) is 11.3 Å². The van der Waals surface area contributed by atoms with E-state index in [9.17, 15) is 13.2 Å². The summed E-state index contributed by atoms with van der Waals surface area (Å²) in [4.78, 5) is 11.0. The van der Waals surface area contributed by atoms with Gasteiger partial charge in [0.05, 0.1) is 17.9 Å². The Balaban J connectivity index is 2.33. The van der Waals surface area contributed by atoms with Gasteiger partial charge in [0.2, 0.25) is 10.0 Å². The Morgan fingerprint density at radius 1 is 1.48 bits per heavy atom. The van der Waals surface area contributed by atoms with Crippen molar-refractivity contribution < 1.29 is 23.1 Å². The highest BCUT2D eigenvalue weighted by atomic mass is 32.2. The topological polar surface area (TPSA) is 83.9 Å². The van der Waals surface area contributed by atoms with E-state index in [0.29, 0.717) is 13.0 Å². The highest BCUT2D eigenvalue weighted by Gasteiger charge is 2.30. The lowest BCUT2D eigenvalue weighted by atomic mass is 10.2. The molecular formula is C14H19NO5S. The van der Waals surface area contributed by atoms with Crippen LogP contribution in [0.3, 0.4) is 0 Å². The quantitative estimate of drug-likeness (QED) is 0.860. The third-order valence-corrected chi connectivity index (χ3v) is 5.63. The molecule has 0 aromatic heterocycles. The second kappa shape index (κ2) is 6.03. The van der Waals surface area contributed by atoms with Crippen LogP contribution < -0.4 is 4.74 Å². The fourth-order valence-electron chi connectivity index (χ4n) is 2.53. The first kappa shape index (κ1) is 15.8. The molecule has 2 rings (SSSR count). The van der Waals surface area contributed by atoms with Gasteiger partial charge in [-0.05, 0) is 30.7 Å². The van der Waals surface area contributed by atoms with Gasteiger partial charge in [0, 0.05) is 19.0 Å². The van der Waals surface area contributed by atoms with E-state index in [2.05, 4.69) is 0 Å². The average molecular weight is 313 g/mol. The predicted octanol–water partition coefficient (Wildman–Crippen LogP) is 1.50. The molecule has 0 bridgehead atoms. The van der Waals surface area contributed by atoms with E-state index in [-0.39, 0.29) is 17.9 Å². The summed E-state index contributed by atoms with van der Waals surface area (Å²) in [6.45, 7) is 4.09. The monoisotopic (exact) mass is 313 g/mol. The summed E-state index contributed by atoms with van der Waals surface area (Å²) in [5, 5.41) is 8.85. The van der Waals surface area contributed by atoms with Crippen LogP contribution in [0.4, 0.5) is 0 Å². The minimum atomic E-state index is -3.70. The van der Waals surface area contributed by atoms with Crippen LogP contribution in [-0.2, 0) is 21.2 Å². The van der Waals surface area contributed by atoms with Crippen molar-refractivity contribution in [3.8, 4) is 5.75 Å². The predicted molar refractivity (Wildman–Crippen MR) is 76.9 cm³/mol. The fourth-order valence-corrected chi connectivity index (χ4v) is 4.22. The van der Waals surface area contributed by atoms with Crippen molar-refractivity contribution in [3.63, 3.8) is 0 Å². The van der Waals surface area contributed by atoms with Crippen molar-refractivity contribution >= 4 is 16.0 Å². The minimum absolute atomic E-state index is 0.186. The van der Waals surface area contributed by atoms with Gasteiger partial charge in [0.25, 0.3) is 0 Å². The summed E-state index contributed by atoms with van der Waals surface area (Å²) in [7, 11) is -3.70. The number of hydrogen-bond donors (Lipinski definition) is 1. The third-order valence-electron chi connectivity index (χ3n) is 3.54. The van der Waals surface area contributed by atoms with Gasteiger partial charge in [-0.15, -0.1) is 0 Å². The average Bonchev–Trinajstić information content (AvgIpc) is 2.85. The maximum Gasteiger partial charge on any atom is 0.304 e. The molecule has 6 nitrogen and oxygen atoms in total. The van der Waals surface area contributed by atoms with Gasteiger partial charge in [0.15, 0.2) is 0 Å². The van der Waals surface area contributed by atoms with E-state index >= 15 is 0 Å². The number of benzene rings is 1. The summed E-state index contributed by atoms with van der Waals surface area (Å²) in [6.07, 6.45) is 0.469. The Morgan fingerprint density at radius 2 is 2.19 bits per heavy atom. The zero-order chi connectivity index (χ0) is 15.6. The number of hydrogen-bond acceptors (Lipinski definition) is 4. The second-order valence-electron chi connectivity index (χ2n) is 5.02. The number of carboxylic acid groups (broad SMARTS) is 1. The van der Waals surface area contributed by atoms with Crippen molar-refractivity contribution in [1.82, 2.24) is 4.31 Å². The normalized spacial score (nSPS) is 15.6. The molecule has 0 aliphatic carbocycles. The molecule has 0 radical (unpaired) electrons. The molecule has 0 amide bonds. The van der Waals surface area contributed by atoms with Crippen molar-refractivity contribution in [2.45, 2.75) is 37.6 Å². The summed E-state index contributed by atoms with van der Waals surface area (Å²) in [6, 6.07) is 4.19. The molecule has 0 spiro atoms. The summed E-state index contributed by atoms with van der Waals surface area (Å²) in [5.74, 6) is -0.297. The lowest BCUT2D eigenvalue weighted by Gasteiger charge is -2.26. The molecule has 1 N–H and O–H groups in total. The van der Waals surface area contributed by atoms with Crippen LogP contribution >= 0.6 is 0 Å². The Morgan fingerprint density at radius 3 is 2.81 bits per heavy atom. The standard InChI is InChI=1S/C14H19NO5S/c1-3-15(10(2)8-14(16)17)21(18,19)12-4-5-13-11(9-12)6-7-20-13/h4-5,9-10H,3,6-8H2,1-2H3,(H,16,17). The number of nitrogens with zero attached hydrogens (tertiary/aromatic N) is 1. The highest BCUT2D eigenvalue weighted by molar-refractivity contribution is 7.89. The van der Waals surface area contributed by atoms with Gasteiger partial charge >= 0.3 is 5.97 Å². The number of carbonyl (C=O) groups is 1. The van der Waals surface area contributed by atoms with Crippen LogP contribution in [0.5, 0.6) is 5.75 Å². The Hall–Kier alpha value is -1.60. The maximum absolute atomic E-state index is 12.7. The molecule has 0 saturated carbocycles. The van der Waals surface area contributed by atoms with E-state index in [1.54, 1.807) is 26.0 Å². The molecule has 7 heteroatoms. The van der Waals surface area contributed by atoms with Crippen molar-refractivity contribution in [3.05, 3.63) is 23.8 Å². The third kappa shape index (κ3) is 3.19. The first-order valence-electron chi connectivity index (χ1n) is 6.85. The number of carboxylic acids is 1. The summed E-state index contributed by atoms with van der Waals surface area (Å²) >= 11 is 0. The first-order chi connectivity index (χ1) is 9.86. The van der Waals surface area contributed by atoms with Crippen LogP contribution in [0.1, 0.15) is 25.8 Å².